The molecule has 11 heteroatoms. The first-order valence-electron chi connectivity index (χ1n) is 10.4. The predicted octanol–water partition coefficient (Wildman–Crippen LogP) is 3.13. The van der Waals surface area contributed by atoms with Crippen LogP contribution in [0.4, 0.5) is 16.2 Å². The van der Waals surface area contributed by atoms with Crippen LogP contribution in [0.5, 0.6) is 0 Å². The zero-order valence-electron chi connectivity index (χ0n) is 18.8. The van der Waals surface area contributed by atoms with Crippen LogP contribution in [0.1, 0.15) is 26.5 Å². The van der Waals surface area contributed by atoms with Crippen LogP contribution >= 0.6 is 0 Å². The van der Waals surface area contributed by atoms with E-state index in [0.29, 0.717) is 48.3 Å². The van der Waals surface area contributed by atoms with E-state index in [0.717, 1.165) is 0 Å². The van der Waals surface area contributed by atoms with Crippen molar-refractivity contribution >= 4 is 32.5 Å². The topological polar surface area (TPSA) is 109 Å². The Morgan fingerprint density at radius 1 is 1.28 bits per heavy atom. The molecular weight excluding hydrogens is 433 g/mol. The number of nitrogens with zero attached hydrogens (tertiary/aromatic N) is 5. The molecule has 1 aliphatic heterocycles. The van der Waals surface area contributed by atoms with Crippen molar-refractivity contribution in [3.63, 3.8) is 0 Å². The molecule has 0 aliphatic carbocycles. The van der Waals surface area contributed by atoms with Gasteiger partial charge in [-0.3, -0.25) is 4.78 Å². The van der Waals surface area contributed by atoms with E-state index < -0.39 is 20.3 Å². The summed E-state index contributed by atoms with van der Waals surface area (Å²) < 4.78 is 41.4. The van der Waals surface area contributed by atoms with Gasteiger partial charge in [-0.1, -0.05) is 0 Å². The molecular formula is C21H28FN7O2S. The molecule has 172 valence electrons. The fourth-order valence-corrected chi connectivity index (χ4v) is 4.17. The van der Waals surface area contributed by atoms with Crippen molar-refractivity contribution in [2.45, 2.75) is 31.6 Å². The lowest BCUT2D eigenvalue weighted by molar-refractivity contribution is 0.0985. The van der Waals surface area contributed by atoms with Crippen molar-refractivity contribution in [1.82, 2.24) is 19.5 Å². The maximum absolute atomic E-state index is 14.1. The van der Waals surface area contributed by atoms with E-state index in [1.54, 1.807) is 37.6 Å². The Kier molecular flexibility index (Phi) is 5.58. The average molecular weight is 462 g/mol. The Morgan fingerprint density at radius 2 is 2.03 bits per heavy atom. The highest BCUT2D eigenvalue weighted by Gasteiger charge is 2.34. The first-order valence-corrected chi connectivity index (χ1v) is 12.3. The molecule has 3 heterocycles. The van der Waals surface area contributed by atoms with Gasteiger partial charge in [0.15, 0.2) is 0 Å². The fraction of sp³-hybridized carbons (Fsp3) is 0.476. The van der Waals surface area contributed by atoms with E-state index in [1.807, 2.05) is 6.92 Å². The van der Waals surface area contributed by atoms with Crippen LogP contribution in [-0.4, -0.2) is 62.8 Å². The molecule has 2 atom stereocenters. The molecule has 32 heavy (non-hydrogen) atoms. The van der Waals surface area contributed by atoms with E-state index in [-0.39, 0.29) is 12.0 Å². The number of hydrogen-bond donors (Lipinski definition) is 2. The van der Waals surface area contributed by atoms with E-state index in [4.69, 9.17) is 19.5 Å². The molecule has 1 fully saturated rings. The molecule has 3 aromatic rings. The number of imidazole rings is 1. The smallest absolute Gasteiger partial charge is 0.239 e. The molecule has 1 unspecified atom stereocenters. The first-order chi connectivity index (χ1) is 15.0. The molecule has 1 aromatic carbocycles. The van der Waals surface area contributed by atoms with Crippen LogP contribution in [0.2, 0.25) is 0 Å². The maximum atomic E-state index is 14.1. The van der Waals surface area contributed by atoms with Crippen LogP contribution in [0, 0.1) is 10.6 Å². The zero-order valence-corrected chi connectivity index (χ0v) is 19.7. The summed E-state index contributed by atoms with van der Waals surface area (Å²) in [7, 11) is -1.28. The number of ether oxygens (including phenoxy) is 1. The minimum atomic E-state index is -3.00. The Balaban J connectivity index is 2.01. The molecule has 1 saturated heterocycles. The van der Waals surface area contributed by atoms with Gasteiger partial charge in [0, 0.05) is 32.0 Å². The average Bonchev–Trinajstić information content (AvgIpc) is 3.10. The number of fused-ring (bicyclic) bond motifs is 1. The quantitative estimate of drug-likeness (QED) is 0.601. The summed E-state index contributed by atoms with van der Waals surface area (Å²) in [6.45, 7) is 7.28. The second kappa shape index (κ2) is 7.96. The van der Waals surface area contributed by atoms with Gasteiger partial charge in [0.2, 0.25) is 11.9 Å². The Bertz CT molecular complexity index is 1270. The van der Waals surface area contributed by atoms with E-state index in [1.165, 1.54) is 18.4 Å². The van der Waals surface area contributed by atoms with Crippen molar-refractivity contribution < 1.29 is 13.3 Å². The monoisotopic (exact) mass is 461 g/mol. The largest absolute Gasteiger partial charge is 0.377 e. The zero-order chi connectivity index (χ0) is 23.3. The highest BCUT2D eigenvalue weighted by atomic mass is 32.2. The van der Waals surface area contributed by atoms with Gasteiger partial charge in [0.1, 0.15) is 11.6 Å². The lowest BCUT2D eigenvalue weighted by atomic mass is 10.1. The van der Waals surface area contributed by atoms with Gasteiger partial charge >= 0.3 is 0 Å². The molecule has 4 rings (SSSR count). The van der Waals surface area contributed by atoms with E-state index in [9.17, 15) is 8.60 Å². The lowest BCUT2D eigenvalue weighted by Gasteiger charge is -2.35. The summed E-state index contributed by atoms with van der Waals surface area (Å²) >= 11 is 0. The maximum Gasteiger partial charge on any atom is 0.239 e. The van der Waals surface area contributed by atoms with Crippen molar-refractivity contribution in [2.24, 2.45) is 0 Å². The van der Waals surface area contributed by atoms with Gasteiger partial charge in [-0.05, 0) is 32.9 Å². The Morgan fingerprint density at radius 3 is 2.69 bits per heavy atom. The summed E-state index contributed by atoms with van der Waals surface area (Å²) in [5.74, 6) is 0.954. The molecule has 1 aliphatic rings. The third kappa shape index (κ3) is 3.79. The second-order valence-electron chi connectivity index (χ2n) is 8.54. The number of morpholine rings is 1. The number of rotatable bonds is 5. The number of aromatic nitrogens is 4. The molecule has 0 spiro atoms. The van der Waals surface area contributed by atoms with Crippen LogP contribution < -0.4 is 10.2 Å². The summed E-state index contributed by atoms with van der Waals surface area (Å²) in [4.78, 5) is 16.1. The second-order valence-corrected chi connectivity index (χ2v) is 11.2. The van der Waals surface area contributed by atoms with Gasteiger partial charge < -0.3 is 15.0 Å². The van der Waals surface area contributed by atoms with Gasteiger partial charge in [0.05, 0.1) is 50.5 Å². The van der Waals surface area contributed by atoms with Gasteiger partial charge in [-0.25, -0.2) is 23.1 Å². The van der Waals surface area contributed by atoms with Crippen LogP contribution in [0.25, 0.3) is 17.0 Å². The highest BCUT2D eigenvalue weighted by molar-refractivity contribution is 7.92. The normalized spacial score (nSPS) is 19.2. The van der Waals surface area contributed by atoms with Crippen molar-refractivity contribution in [1.29, 1.82) is 4.78 Å². The third-order valence-electron chi connectivity index (χ3n) is 5.99. The molecule has 0 amide bonds. The minimum Gasteiger partial charge on any atom is -0.377 e. The summed E-state index contributed by atoms with van der Waals surface area (Å²) in [6.07, 6.45) is 1.41. The Labute approximate surface area is 187 Å². The minimum absolute atomic E-state index is 0.0743. The summed E-state index contributed by atoms with van der Waals surface area (Å²) in [5.41, 5.74) is 1.57. The van der Waals surface area contributed by atoms with Crippen LogP contribution in [0.15, 0.2) is 24.3 Å². The SMILES string of the molecule is CNc1nc2ccc(F)cc2n1-c1nc(N2CCOC[C@H]2C)cc(C(C)(C)S(C)(=N)=O)n1. The fourth-order valence-electron chi connectivity index (χ4n) is 3.66. The number of nitrogens with one attached hydrogen (secondary N) is 2. The third-order valence-corrected chi connectivity index (χ3v) is 8.15. The molecule has 9 nitrogen and oxygen atoms in total. The first kappa shape index (κ1) is 22.4. The standard InChI is InChI=1S/C21H28FN7O2S/c1-13-12-31-9-8-28(13)18-11-17(21(2,3)32(5,23)30)26-20(27-18)29-16-10-14(22)6-7-15(16)25-19(29)24-4/h6-7,10-11,13,23H,8-9,12H2,1-5H3,(H,24,25)/t13-,32?/m1/s1. The van der Waals surface area contributed by atoms with Crippen molar-refractivity contribution in [3.05, 3.63) is 35.8 Å². The summed E-state index contributed by atoms with van der Waals surface area (Å²) in [6, 6.07) is 6.21. The molecule has 2 N–H and O–H groups in total. The number of hydrogen-bond acceptors (Lipinski definition) is 8. The number of halogens is 1. The van der Waals surface area contributed by atoms with E-state index in [2.05, 4.69) is 15.2 Å². The number of anilines is 2. The molecule has 0 radical (unpaired) electrons. The van der Waals surface area contributed by atoms with Gasteiger partial charge in [-0.2, -0.15) is 4.98 Å². The van der Waals surface area contributed by atoms with E-state index >= 15 is 0 Å². The lowest BCUT2D eigenvalue weighted by Crippen LogP contribution is -2.44. The predicted molar refractivity (Wildman–Crippen MR) is 124 cm³/mol. The number of benzene rings is 1. The molecule has 0 bridgehead atoms. The van der Waals surface area contributed by atoms with Crippen molar-refractivity contribution in [3.8, 4) is 5.95 Å². The Hall–Kier alpha value is -2.79. The molecule has 0 saturated carbocycles. The highest BCUT2D eigenvalue weighted by Crippen LogP contribution is 2.33. The van der Waals surface area contributed by atoms with Crippen molar-refractivity contribution in [2.75, 3.05) is 43.3 Å². The van der Waals surface area contributed by atoms with Gasteiger partial charge in [-0.15, -0.1) is 0 Å². The van der Waals surface area contributed by atoms with Gasteiger partial charge in [0.25, 0.3) is 0 Å². The van der Waals surface area contributed by atoms with Crippen LogP contribution in [0.3, 0.4) is 0 Å². The van der Waals surface area contributed by atoms with Crippen LogP contribution in [-0.2, 0) is 19.2 Å². The molecule has 2 aromatic heterocycles. The summed E-state index contributed by atoms with van der Waals surface area (Å²) in [5, 5.41) is 3.02.